The fourth-order valence-electron chi connectivity index (χ4n) is 8.22. The molecule has 0 fully saturated rings. The lowest BCUT2D eigenvalue weighted by molar-refractivity contribution is 0.660. The number of hydrogen-bond donors (Lipinski definition) is 0. The number of fused-ring (bicyclic) bond motifs is 6. The summed E-state index contributed by atoms with van der Waals surface area (Å²) in [5.41, 5.74) is 16.1. The van der Waals surface area contributed by atoms with E-state index in [1.54, 1.807) is 0 Å². The van der Waals surface area contributed by atoms with E-state index in [9.17, 15) is 0 Å². The van der Waals surface area contributed by atoms with Crippen LogP contribution in [0.25, 0.3) is 59.5 Å². The van der Waals surface area contributed by atoms with Crippen LogP contribution in [0, 0.1) is 0 Å². The number of benzene rings is 7. The first kappa shape index (κ1) is 30.6. The van der Waals surface area contributed by atoms with Crippen molar-refractivity contribution in [3.63, 3.8) is 0 Å². The Kier molecular flexibility index (Phi) is 7.06. The lowest BCUT2D eigenvalue weighted by Crippen LogP contribution is -2.16. The van der Waals surface area contributed by atoms with E-state index in [1.807, 2.05) is 11.3 Å². The Morgan fingerprint density at radius 3 is 1.85 bits per heavy atom. The number of para-hydroxylation sites is 2. The summed E-state index contributed by atoms with van der Waals surface area (Å²) in [5.74, 6) is 0. The second-order valence-electron chi connectivity index (χ2n) is 14.2. The van der Waals surface area contributed by atoms with Crippen LogP contribution in [-0.2, 0) is 5.41 Å². The van der Waals surface area contributed by atoms with Crippen molar-refractivity contribution in [2.45, 2.75) is 19.3 Å². The molecule has 0 unspecified atom stereocenters. The van der Waals surface area contributed by atoms with Gasteiger partial charge >= 0.3 is 0 Å². The number of nitrogens with zero attached hydrogens (tertiary/aromatic N) is 2. The zero-order valence-electron chi connectivity index (χ0n) is 29.1. The molecule has 0 spiro atoms. The molecule has 0 saturated heterocycles. The Morgan fingerprint density at radius 2 is 1.06 bits per heavy atom. The van der Waals surface area contributed by atoms with E-state index in [4.69, 9.17) is 0 Å². The highest BCUT2D eigenvalue weighted by molar-refractivity contribution is 7.23. The Labute approximate surface area is 308 Å². The summed E-state index contributed by atoms with van der Waals surface area (Å²) < 4.78 is 3.73. The van der Waals surface area contributed by atoms with Gasteiger partial charge in [-0.15, -0.1) is 11.3 Å². The molecular formula is C49H36N2S. The van der Waals surface area contributed by atoms with E-state index in [0.29, 0.717) is 0 Å². The first-order chi connectivity index (χ1) is 25.5. The van der Waals surface area contributed by atoms with Crippen LogP contribution in [0.4, 0.5) is 17.1 Å². The molecule has 2 aromatic heterocycles. The van der Waals surface area contributed by atoms with Crippen LogP contribution in [-0.4, -0.2) is 4.57 Å². The van der Waals surface area contributed by atoms with Gasteiger partial charge in [0.05, 0.1) is 15.7 Å². The molecule has 2 heterocycles. The normalized spacial score (nSPS) is 13.0. The molecule has 7 aromatic carbocycles. The number of rotatable bonds is 6. The molecule has 2 nitrogen and oxygen atoms in total. The van der Waals surface area contributed by atoms with Gasteiger partial charge in [-0.05, 0) is 99.6 Å². The van der Waals surface area contributed by atoms with Crippen LogP contribution in [0.15, 0.2) is 182 Å². The van der Waals surface area contributed by atoms with Crippen LogP contribution in [0.1, 0.15) is 25.0 Å². The van der Waals surface area contributed by atoms with Crippen molar-refractivity contribution in [3.05, 3.63) is 193 Å². The molecule has 0 saturated carbocycles. The molecule has 52 heavy (non-hydrogen) atoms. The predicted molar refractivity (Wildman–Crippen MR) is 222 cm³/mol. The highest BCUT2D eigenvalue weighted by Crippen LogP contribution is 2.51. The molecule has 1 aliphatic carbocycles. The van der Waals surface area contributed by atoms with Gasteiger partial charge in [0.15, 0.2) is 0 Å². The molecule has 3 heteroatoms. The third-order valence-electron chi connectivity index (χ3n) is 10.8. The summed E-state index contributed by atoms with van der Waals surface area (Å²) in [6.45, 7) is 4.70. The van der Waals surface area contributed by atoms with E-state index in [2.05, 4.69) is 205 Å². The third-order valence-corrected chi connectivity index (χ3v) is 12.0. The topological polar surface area (TPSA) is 8.17 Å². The van der Waals surface area contributed by atoms with Crippen LogP contribution in [0.3, 0.4) is 0 Å². The number of aromatic nitrogens is 1. The standard InChI is InChI=1S/C49H36N2S/c1-49(2)43-19-11-9-17-40(43)41-30-29-39(31-44(41)49)50(36-15-7-4-8-16-36)37-27-23-35(24-28-37)47-32-46-48(52-47)42-18-10-12-20-45(42)51(46)38-25-21-34(22-26-38)33-13-5-3-6-14-33/h3-32H,1-2H3. The number of thiophene rings is 1. The van der Waals surface area contributed by atoms with Crippen molar-refractivity contribution in [3.8, 4) is 38.4 Å². The largest absolute Gasteiger partial charge is 0.310 e. The Balaban J connectivity index is 1.04. The summed E-state index contributed by atoms with van der Waals surface area (Å²) in [4.78, 5) is 3.65. The maximum absolute atomic E-state index is 2.42. The summed E-state index contributed by atoms with van der Waals surface area (Å²) in [5, 5.41) is 1.29. The van der Waals surface area contributed by atoms with E-state index in [0.717, 1.165) is 11.4 Å². The molecule has 0 radical (unpaired) electrons. The van der Waals surface area contributed by atoms with Gasteiger partial charge in [0, 0.05) is 38.4 Å². The lowest BCUT2D eigenvalue weighted by atomic mass is 9.82. The second-order valence-corrected chi connectivity index (χ2v) is 15.3. The monoisotopic (exact) mass is 684 g/mol. The lowest BCUT2D eigenvalue weighted by Gasteiger charge is -2.28. The predicted octanol–water partition coefficient (Wildman–Crippen LogP) is 14.0. The summed E-state index contributed by atoms with van der Waals surface area (Å²) in [7, 11) is 0. The zero-order valence-corrected chi connectivity index (χ0v) is 29.9. The highest BCUT2D eigenvalue weighted by atomic mass is 32.1. The van der Waals surface area contributed by atoms with Gasteiger partial charge in [-0.25, -0.2) is 0 Å². The SMILES string of the molecule is CC1(C)c2ccccc2-c2ccc(N(c3ccccc3)c3ccc(-c4cc5c(s4)c4ccccc4n5-c4ccc(-c5ccccc5)cc4)cc3)cc21. The molecule has 248 valence electrons. The number of hydrogen-bond acceptors (Lipinski definition) is 2. The maximum atomic E-state index is 2.42. The first-order valence-corrected chi connectivity index (χ1v) is 18.8. The summed E-state index contributed by atoms with van der Waals surface area (Å²) in [6.07, 6.45) is 0. The average molecular weight is 685 g/mol. The van der Waals surface area contributed by atoms with Gasteiger partial charge in [0.1, 0.15) is 0 Å². The van der Waals surface area contributed by atoms with Crippen molar-refractivity contribution in [1.82, 2.24) is 4.57 Å². The molecular weight excluding hydrogens is 649 g/mol. The average Bonchev–Trinajstić information content (AvgIpc) is 3.83. The molecule has 0 atom stereocenters. The van der Waals surface area contributed by atoms with Gasteiger partial charge in [-0.1, -0.05) is 135 Å². The van der Waals surface area contributed by atoms with Gasteiger partial charge < -0.3 is 9.47 Å². The minimum atomic E-state index is -0.0653. The Bertz CT molecular complexity index is 2730. The third kappa shape index (κ3) is 4.85. The van der Waals surface area contributed by atoms with E-state index in [-0.39, 0.29) is 5.41 Å². The second kappa shape index (κ2) is 12.0. The quantitative estimate of drug-likeness (QED) is 0.169. The molecule has 1 aliphatic rings. The van der Waals surface area contributed by atoms with Gasteiger partial charge in [-0.3, -0.25) is 0 Å². The molecule has 0 aliphatic heterocycles. The van der Waals surface area contributed by atoms with Crippen molar-refractivity contribution in [1.29, 1.82) is 0 Å². The maximum Gasteiger partial charge on any atom is 0.0655 e. The van der Waals surface area contributed by atoms with Gasteiger partial charge in [-0.2, -0.15) is 0 Å². The molecule has 9 aromatic rings. The van der Waals surface area contributed by atoms with E-state index in [1.165, 1.54) is 76.3 Å². The van der Waals surface area contributed by atoms with Crippen molar-refractivity contribution >= 4 is 49.5 Å². The van der Waals surface area contributed by atoms with Crippen LogP contribution >= 0.6 is 11.3 Å². The van der Waals surface area contributed by atoms with Crippen molar-refractivity contribution in [2.24, 2.45) is 0 Å². The fourth-order valence-corrected chi connectivity index (χ4v) is 9.40. The van der Waals surface area contributed by atoms with Gasteiger partial charge in [0.2, 0.25) is 0 Å². The minimum absolute atomic E-state index is 0.0653. The Morgan fingerprint density at radius 1 is 0.462 bits per heavy atom. The molecule has 0 bridgehead atoms. The van der Waals surface area contributed by atoms with Gasteiger partial charge in [0.25, 0.3) is 0 Å². The van der Waals surface area contributed by atoms with E-state index >= 15 is 0 Å². The number of anilines is 3. The van der Waals surface area contributed by atoms with Crippen molar-refractivity contribution in [2.75, 3.05) is 4.90 Å². The molecule has 10 rings (SSSR count). The summed E-state index contributed by atoms with van der Waals surface area (Å²) in [6, 6.07) is 66.4. The minimum Gasteiger partial charge on any atom is -0.310 e. The highest BCUT2D eigenvalue weighted by Gasteiger charge is 2.35. The van der Waals surface area contributed by atoms with Crippen molar-refractivity contribution < 1.29 is 0 Å². The van der Waals surface area contributed by atoms with Crippen LogP contribution in [0.2, 0.25) is 0 Å². The van der Waals surface area contributed by atoms with Crippen LogP contribution < -0.4 is 4.90 Å². The fraction of sp³-hybridized carbons (Fsp3) is 0.0612. The molecule has 0 amide bonds. The Hall–Kier alpha value is -6.16. The van der Waals surface area contributed by atoms with E-state index < -0.39 is 0 Å². The molecule has 0 N–H and O–H groups in total. The smallest absolute Gasteiger partial charge is 0.0655 e. The van der Waals surface area contributed by atoms with Crippen LogP contribution in [0.5, 0.6) is 0 Å². The first-order valence-electron chi connectivity index (χ1n) is 17.9. The zero-order chi connectivity index (χ0) is 34.8. The summed E-state index contributed by atoms with van der Waals surface area (Å²) >= 11 is 1.88.